The molecule has 0 bridgehead atoms. The fourth-order valence-electron chi connectivity index (χ4n) is 2.92. The Labute approximate surface area is 130 Å². The van der Waals surface area contributed by atoms with Crippen LogP contribution in [0.1, 0.15) is 49.3 Å². The smallest absolute Gasteiger partial charge is 0.249 e. The van der Waals surface area contributed by atoms with Crippen molar-refractivity contribution in [2.75, 3.05) is 0 Å². The van der Waals surface area contributed by atoms with Gasteiger partial charge in [0.2, 0.25) is 18.2 Å². The Morgan fingerprint density at radius 1 is 1.36 bits per heavy atom. The number of carbonyl (C=O) groups excluding carboxylic acids is 3. The number of hydrogen-bond acceptors (Lipinski definition) is 3. The third-order valence-electron chi connectivity index (χ3n) is 4.21. The van der Waals surface area contributed by atoms with Crippen LogP contribution in [0.4, 0.5) is 0 Å². The van der Waals surface area contributed by atoms with Crippen LogP contribution in [0.25, 0.3) is 0 Å². The fraction of sp³-hybridized carbons (Fsp3) is 0.471. The van der Waals surface area contributed by atoms with Gasteiger partial charge in [-0.15, -0.1) is 0 Å². The molecule has 1 saturated heterocycles. The molecule has 5 nitrogen and oxygen atoms in total. The lowest BCUT2D eigenvalue weighted by Crippen LogP contribution is -2.51. The lowest BCUT2D eigenvalue weighted by molar-refractivity contribution is -0.141. The molecule has 1 aromatic rings. The minimum atomic E-state index is -0.572. The number of carbonyl (C=O) groups is 3. The number of hydrogen-bond donors (Lipinski definition) is 1. The lowest BCUT2D eigenvalue weighted by atomic mass is 9.93. The molecule has 3 amide bonds. The highest BCUT2D eigenvalue weighted by Gasteiger charge is 2.31. The molecule has 1 aliphatic rings. The highest BCUT2D eigenvalue weighted by Crippen LogP contribution is 2.24. The normalized spacial score (nSPS) is 18.3. The van der Waals surface area contributed by atoms with Crippen LogP contribution in [-0.4, -0.2) is 29.2 Å². The van der Waals surface area contributed by atoms with E-state index in [0.717, 1.165) is 11.1 Å². The van der Waals surface area contributed by atoms with Gasteiger partial charge in [-0.25, -0.2) is 0 Å². The number of benzene rings is 1. The third kappa shape index (κ3) is 3.35. The number of nitrogens with one attached hydrogen (secondary N) is 1. The maximum atomic E-state index is 11.9. The zero-order valence-corrected chi connectivity index (χ0v) is 13.3. The molecule has 0 spiro atoms. The monoisotopic (exact) mass is 302 g/mol. The van der Waals surface area contributed by atoms with Gasteiger partial charge in [-0.1, -0.05) is 32.0 Å². The SMILES string of the molecule is Cc1c(CN(C=O)C2CCC(=O)NC2=O)cccc1C(C)C. The van der Waals surface area contributed by atoms with E-state index in [2.05, 4.69) is 25.2 Å². The molecule has 1 aliphatic heterocycles. The largest absolute Gasteiger partial charge is 0.329 e. The summed E-state index contributed by atoms with van der Waals surface area (Å²) >= 11 is 0. The van der Waals surface area contributed by atoms with Crippen molar-refractivity contribution in [2.45, 2.75) is 52.1 Å². The van der Waals surface area contributed by atoms with E-state index >= 15 is 0 Å². The van der Waals surface area contributed by atoms with Crippen molar-refractivity contribution in [3.05, 3.63) is 34.9 Å². The van der Waals surface area contributed by atoms with Gasteiger partial charge >= 0.3 is 0 Å². The van der Waals surface area contributed by atoms with E-state index in [4.69, 9.17) is 0 Å². The van der Waals surface area contributed by atoms with Crippen LogP contribution in [0.3, 0.4) is 0 Å². The molecule has 1 unspecified atom stereocenters. The molecule has 1 atom stereocenters. The second-order valence-electron chi connectivity index (χ2n) is 6.03. The van der Waals surface area contributed by atoms with Crippen LogP contribution in [0.15, 0.2) is 18.2 Å². The number of rotatable bonds is 5. The van der Waals surface area contributed by atoms with Crippen LogP contribution in [-0.2, 0) is 20.9 Å². The molecule has 0 aromatic heterocycles. The summed E-state index contributed by atoms with van der Waals surface area (Å²) < 4.78 is 0. The molecule has 0 saturated carbocycles. The Kier molecular flexibility index (Phi) is 4.96. The summed E-state index contributed by atoms with van der Waals surface area (Å²) in [6, 6.07) is 5.47. The molecular formula is C17H22N2O3. The molecule has 2 rings (SSSR count). The summed E-state index contributed by atoms with van der Waals surface area (Å²) in [7, 11) is 0. The third-order valence-corrected chi connectivity index (χ3v) is 4.21. The van der Waals surface area contributed by atoms with Crippen molar-refractivity contribution in [3.8, 4) is 0 Å². The Morgan fingerprint density at radius 3 is 2.68 bits per heavy atom. The average Bonchev–Trinajstić information content (AvgIpc) is 2.46. The first-order valence-corrected chi connectivity index (χ1v) is 7.57. The number of amides is 3. The van der Waals surface area contributed by atoms with Crippen molar-refractivity contribution < 1.29 is 14.4 Å². The maximum absolute atomic E-state index is 11.9. The maximum Gasteiger partial charge on any atom is 0.249 e. The predicted molar refractivity (Wildman–Crippen MR) is 83.0 cm³/mol. The van der Waals surface area contributed by atoms with Gasteiger partial charge < -0.3 is 4.90 Å². The molecule has 1 heterocycles. The van der Waals surface area contributed by atoms with E-state index in [1.807, 2.05) is 19.1 Å². The standard InChI is InChI=1S/C17H22N2O3/c1-11(2)14-6-4-5-13(12(14)3)9-19(10-20)15-7-8-16(21)18-17(15)22/h4-6,10-11,15H,7-9H2,1-3H3,(H,18,21,22). The van der Waals surface area contributed by atoms with Gasteiger partial charge in [0.1, 0.15) is 6.04 Å². The van der Waals surface area contributed by atoms with E-state index in [1.54, 1.807) is 0 Å². The van der Waals surface area contributed by atoms with E-state index < -0.39 is 6.04 Å². The van der Waals surface area contributed by atoms with Crippen LogP contribution in [0.5, 0.6) is 0 Å². The highest BCUT2D eigenvalue weighted by atomic mass is 16.2. The lowest BCUT2D eigenvalue weighted by Gasteiger charge is -2.30. The van der Waals surface area contributed by atoms with Gasteiger partial charge in [-0.2, -0.15) is 0 Å². The van der Waals surface area contributed by atoms with Crippen LogP contribution in [0, 0.1) is 6.92 Å². The Balaban J connectivity index is 2.20. The molecule has 1 aromatic carbocycles. The van der Waals surface area contributed by atoms with Crippen LogP contribution >= 0.6 is 0 Å². The minimum absolute atomic E-state index is 0.270. The predicted octanol–water partition coefficient (Wildman–Crippen LogP) is 1.88. The Morgan fingerprint density at radius 2 is 2.09 bits per heavy atom. The van der Waals surface area contributed by atoms with E-state index in [9.17, 15) is 14.4 Å². The van der Waals surface area contributed by atoms with E-state index in [1.165, 1.54) is 10.5 Å². The summed E-state index contributed by atoms with van der Waals surface area (Å²) in [5.41, 5.74) is 3.42. The minimum Gasteiger partial charge on any atom is -0.329 e. The molecule has 0 aliphatic carbocycles. The van der Waals surface area contributed by atoms with Crippen LogP contribution in [0.2, 0.25) is 0 Å². The second-order valence-corrected chi connectivity index (χ2v) is 6.03. The number of piperidine rings is 1. The Bertz CT molecular complexity index is 596. The van der Waals surface area contributed by atoms with E-state index in [0.29, 0.717) is 25.3 Å². The topological polar surface area (TPSA) is 66.5 Å². The second kappa shape index (κ2) is 6.73. The van der Waals surface area contributed by atoms with Crippen molar-refractivity contribution in [3.63, 3.8) is 0 Å². The van der Waals surface area contributed by atoms with Crippen molar-refractivity contribution >= 4 is 18.2 Å². The van der Waals surface area contributed by atoms with Gasteiger partial charge in [0, 0.05) is 13.0 Å². The number of imide groups is 1. The van der Waals surface area contributed by atoms with E-state index in [-0.39, 0.29) is 18.2 Å². The fourth-order valence-corrected chi connectivity index (χ4v) is 2.92. The summed E-state index contributed by atoms with van der Waals surface area (Å²) in [6.07, 6.45) is 1.35. The van der Waals surface area contributed by atoms with Gasteiger partial charge in [0.25, 0.3) is 0 Å². The van der Waals surface area contributed by atoms with Gasteiger partial charge in [0.05, 0.1) is 0 Å². The highest BCUT2D eigenvalue weighted by molar-refractivity contribution is 6.00. The van der Waals surface area contributed by atoms with Gasteiger partial charge in [-0.3, -0.25) is 19.7 Å². The molecule has 118 valence electrons. The van der Waals surface area contributed by atoms with Crippen molar-refractivity contribution in [2.24, 2.45) is 0 Å². The molecule has 1 fully saturated rings. The van der Waals surface area contributed by atoms with Gasteiger partial charge in [0.15, 0.2) is 0 Å². The molecule has 22 heavy (non-hydrogen) atoms. The van der Waals surface area contributed by atoms with Gasteiger partial charge in [-0.05, 0) is 36.0 Å². The summed E-state index contributed by atoms with van der Waals surface area (Å²) in [5.74, 6) is -0.258. The Hall–Kier alpha value is -2.17. The van der Waals surface area contributed by atoms with Crippen LogP contribution < -0.4 is 5.32 Å². The first kappa shape index (κ1) is 16.2. The summed E-state index contributed by atoms with van der Waals surface area (Å²) in [5, 5.41) is 2.30. The van der Waals surface area contributed by atoms with Crippen molar-refractivity contribution in [1.29, 1.82) is 0 Å². The first-order valence-electron chi connectivity index (χ1n) is 7.57. The summed E-state index contributed by atoms with van der Waals surface area (Å²) in [4.78, 5) is 36.1. The zero-order chi connectivity index (χ0) is 16.3. The quantitative estimate of drug-likeness (QED) is 0.667. The zero-order valence-electron chi connectivity index (χ0n) is 13.3. The van der Waals surface area contributed by atoms with Crippen molar-refractivity contribution in [1.82, 2.24) is 10.2 Å². The molecule has 0 radical (unpaired) electrons. The summed E-state index contributed by atoms with van der Waals surface area (Å²) in [6.45, 7) is 6.67. The molecule has 1 N–H and O–H groups in total. The average molecular weight is 302 g/mol. The first-order chi connectivity index (χ1) is 10.4. The molecule has 5 heteroatoms. The molecular weight excluding hydrogens is 280 g/mol. The number of nitrogens with zero attached hydrogens (tertiary/aromatic N) is 1.